The molecule has 2 rings (SSSR count). The van der Waals surface area contributed by atoms with Crippen molar-refractivity contribution in [2.24, 2.45) is 11.7 Å². The molecule has 3 nitrogen and oxygen atoms in total. The van der Waals surface area contributed by atoms with Gasteiger partial charge in [-0.05, 0) is 24.5 Å². The van der Waals surface area contributed by atoms with Gasteiger partial charge in [0.25, 0.3) is 0 Å². The van der Waals surface area contributed by atoms with Gasteiger partial charge < -0.3 is 11.1 Å². The summed E-state index contributed by atoms with van der Waals surface area (Å²) in [5.41, 5.74) is 6.21. The molecule has 1 aliphatic carbocycles. The van der Waals surface area contributed by atoms with Crippen molar-refractivity contribution in [3.05, 3.63) is 23.9 Å². The number of pyridine rings is 1. The Morgan fingerprint density at radius 2 is 2.47 bits per heavy atom. The standard InChI is InChI=1S/C11H15N3S/c1-2-7-6-9(7)14-10-5-3-4-8(13-10)11(12)15/h3-5,7,9H,2,6H2,1H3,(H2,12,15)(H,13,14). The molecule has 0 bridgehead atoms. The van der Waals surface area contributed by atoms with Crippen LogP contribution in [0.5, 0.6) is 0 Å². The fourth-order valence-electron chi connectivity index (χ4n) is 1.72. The summed E-state index contributed by atoms with van der Waals surface area (Å²) in [6.07, 6.45) is 2.47. The predicted molar refractivity (Wildman–Crippen MR) is 65.9 cm³/mol. The Labute approximate surface area is 95.1 Å². The van der Waals surface area contributed by atoms with E-state index in [1.54, 1.807) is 0 Å². The summed E-state index contributed by atoms with van der Waals surface area (Å²) < 4.78 is 0. The molecule has 0 aromatic carbocycles. The maximum absolute atomic E-state index is 5.52. The predicted octanol–water partition coefficient (Wildman–Crippen LogP) is 1.93. The fraction of sp³-hybridized carbons (Fsp3) is 0.455. The number of nitrogens with zero attached hydrogens (tertiary/aromatic N) is 1. The number of rotatable bonds is 4. The van der Waals surface area contributed by atoms with Gasteiger partial charge in [-0.3, -0.25) is 0 Å². The third-order valence-corrected chi connectivity index (χ3v) is 2.99. The Kier molecular flexibility index (Phi) is 2.86. The molecule has 15 heavy (non-hydrogen) atoms. The maximum atomic E-state index is 5.52. The Bertz CT molecular complexity index is 378. The normalized spacial score (nSPS) is 23.5. The molecule has 0 saturated heterocycles. The second kappa shape index (κ2) is 4.14. The van der Waals surface area contributed by atoms with Crippen LogP contribution in [0.25, 0.3) is 0 Å². The number of aromatic nitrogens is 1. The van der Waals surface area contributed by atoms with Crippen LogP contribution in [0.2, 0.25) is 0 Å². The summed E-state index contributed by atoms with van der Waals surface area (Å²) in [5.74, 6) is 1.68. The van der Waals surface area contributed by atoms with Gasteiger partial charge in [0.1, 0.15) is 10.8 Å². The van der Waals surface area contributed by atoms with Crippen molar-refractivity contribution in [3.63, 3.8) is 0 Å². The van der Waals surface area contributed by atoms with Crippen LogP contribution in [0.3, 0.4) is 0 Å². The van der Waals surface area contributed by atoms with Crippen LogP contribution in [0.1, 0.15) is 25.5 Å². The Morgan fingerprint density at radius 1 is 1.67 bits per heavy atom. The highest BCUT2D eigenvalue weighted by molar-refractivity contribution is 7.80. The minimum Gasteiger partial charge on any atom is -0.388 e. The number of thiocarbonyl (C=S) groups is 1. The van der Waals surface area contributed by atoms with Crippen LogP contribution >= 0.6 is 12.2 Å². The first-order valence-corrected chi connectivity index (χ1v) is 5.65. The Balaban J connectivity index is 2.03. The Morgan fingerprint density at radius 3 is 3.07 bits per heavy atom. The number of anilines is 1. The van der Waals surface area contributed by atoms with Gasteiger partial charge in [0.2, 0.25) is 0 Å². The van der Waals surface area contributed by atoms with Crippen molar-refractivity contribution < 1.29 is 0 Å². The van der Waals surface area contributed by atoms with Gasteiger partial charge in [0.15, 0.2) is 0 Å². The maximum Gasteiger partial charge on any atom is 0.126 e. The van der Waals surface area contributed by atoms with E-state index in [0.29, 0.717) is 16.7 Å². The van der Waals surface area contributed by atoms with E-state index in [0.717, 1.165) is 11.7 Å². The van der Waals surface area contributed by atoms with E-state index in [1.807, 2.05) is 18.2 Å². The molecule has 1 heterocycles. The zero-order valence-electron chi connectivity index (χ0n) is 8.73. The SMILES string of the molecule is CCC1CC1Nc1cccc(C(N)=S)n1. The lowest BCUT2D eigenvalue weighted by molar-refractivity contribution is 0.773. The van der Waals surface area contributed by atoms with Crippen molar-refractivity contribution in [3.8, 4) is 0 Å². The zero-order chi connectivity index (χ0) is 10.8. The van der Waals surface area contributed by atoms with Crippen molar-refractivity contribution in [1.29, 1.82) is 0 Å². The molecule has 0 amide bonds. The van der Waals surface area contributed by atoms with E-state index in [1.165, 1.54) is 12.8 Å². The monoisotopic (exact) mass is 221 g/mol. The number of nitrogens with two attached hydrogens (primary N) is 1. The van der Waals surface area contributed by atoms with E-state index < -0.39 is 0 Å². The minimum atomic E-state index is 0.349. The summed E-state index contributed by atoms with van der Waals surface area (Å²) in [4.78, 5) is 4.69. The van der Waals surface area contributed by atoms with Gasteiger partial charge in [-0.15, -0.1) is 0 Å². The number of hydrogen-bond acceptors (Lipinski definition) is 3. The molecule has 1 saturated carbocycles. The number of nitrogens with one attached hydrogen (secondary N) is 1. The molecule has 0 radical (unpaired) electrons. The van der Waals surface area contributed by atoms with Gasteiger partial charge in [0, 0.05) is 6.04 Å². The summed E-state index contributed by atoms with van der Waals surface area (Å²) in [6.45, 7) is 2.21. The highest BCUT2D eigenvalue weighted by atomic mass is 32.1. The van der Waals surface area contributed by atoms with Gasteiger partial charge >= 0.3 is 0 Å². The average molecular weight is 221 g/mol. The lowest BCUT2D eigenvalue weighted by atomic mass is 10.3. The van der Waals surface area contributed by atoms with E-state index in [9.17, 15) is 0 Å². The van der Waals surface area contributed by atoms with Gasteiger partial charge in [-0.25, -0.2) is 4.98 Å². The highest BCUT2D eigenvalue weighted by Crippen LogP contribution is 2.35. The molecule has 80 valence electrons. The lowest BCUT2D eigenvalue weighted by Gasteiger charge is -2.05. The molecule has 1 aliphatic rings. The van der Waals surface area contributed by atoms with Gasteiger partial charge in [0.05, 0.1) is 5.69 Å². The molecule has 2 unspecified atom stereocenters. The molecule has 0 aliphatic heterocycles. The smallest absolute Gasteiger partial charge is 0.126 e. The van der Waals surface area contributed by atoms with Crippen LogP contribution in [-0.2, 0) is 0 Å². The van der Waals surface area contributed by atoms with E-state index in [-0.39, 0.29) is 0 Å². The first-order valence-electron chi connectivity index (χ1n) is 5.24. The highest BCUT2D eigenvalue weighted by Gasteiger charge is 2.35. The van der Waals surface area contributed by atoms with Crippen molar-refractivity contribution >= 4 is 23.0 Å². The molecule has 1 aromatic rings. The second-order valence-corrected chi connectivity index (χ2v) is 4.37. The molecule has 4 heteroatoms. The van der Waals surface area contributed by atoms with E-state index >= 15 is 0 Å². The third-order valence-electron chi connectivity index (χ3n) is 2.78. The quantitative estimate of drug-likeness (QED) is 0.763. The summed E-state index contributed by atoms with van der Waals surface area (Å²) in [5, 5.41) is 3.39. The first kappa shape index (κ1) is 10.4. The summed E-state index contributed by atoms with van der Waals surface area (Å²) >= 11 is 4.88. The van der Waals surface area contributed by atoms with Crippen molar-refractivity contribution in [2.45, 2.75) is 25.8 Å². The lowest BCUT2D eigenvalue weighted by Crippen LogP contribution is -2.13. The molecular formula is C11H15N3S. The van der Waals surface area contributed by atoms with Crippen molar-refractivity contribution in [2.75, 3.05) is 5.32 Å². The van der Waals surface area contributed by atoms with E-state index in [2.05, 4.69) is 17.2 Å². The molecule has 1 aromatic heterocycles. The zero-order valence-corrected chi connectivity index (χ0v) is 9.55. The van der Waals surface area contributed by atoms with Crippen LogP contribution in [0.15, 0.2) is 18.2 Å². The van der Waals surface area contributed by atoms with Crippen LogP contribution in [0.4, 0.5) is 5.82 Å². The second-order valence-electron chi connectivity index (χ2n) is 3.93. The molecule has 2 atom stereocenters. The van der Waals surface area contributed by atoms with Crippen LogP contribution in [-0.4, -0.2) is 16.0 Å². The Hall–Kier alpha value is -1.16. The first-order chi connectivity index (χ1) is 7.20. The van der Waals surface area contributed by atoms with Crippen LogP contribution in [0, 0.1) is 5.92 Å². The molecule has 0 spiro atoms. The molecule has 3 N–H and O–H groups in total. The van der Waals surface area contributed by atoms with E-state index in [4.69, 9.17) is 18.0 Å². The third kappa shape index (κ3) is 2.45. The van der Waals surface area contributed by atoms with Gasteiger partial charge in [-0.2, -0.15) is 0 Å². The topological polar surface area (TPSA) is 50.9 Å². The largest absolute Gasteiger partial charge is 0.388 e. The molecular weight excluding hydrogens is 206 g/mol. The minimum absolute atomic E-state index is 0.349. The van der Waals surface area contributed by atoms with Crippen LogP contribution < -0.4 is 11.1 Å². The van der Waals surface area contributed by atoms with Crippen molar-refractivity contribution in [1.82, 2.24) is 4.98 Å². The fourth-order valence-corrected chi connectivity index (χ4v) is 1.83. The summed E-state index contributed by atoms with van der Waals surface area (Å²) in [6, 6.07) is 6.29. The average Bonchev–Trinajstić information content (AvgIpc) is 2.97. The molecule has 1 fully saturated rings. The number of hydrogen-bond donors (Lipinski definition) is 2. The summed E-state index contributed by atoms with van der Waals surface area (Å²) in [7, 11) is 0. The van der Waals surface area contributed by atoms with Gasteiger partial charge in [-0.1, -0.05) is 31.6 Å².